The molecule has 1 N–H and O–H groups in total. The molecule has 0 amide bonds. The summed E-state index contributed by atoms with van der Waals surface area (Å²) < 4.78 is 1.10. The molecule has 0 aliphatic carbocycles. The van der Waals surface area contributed by atoms with Crippen LogP contribution in [-0.4, -0.2) is 13.6 Å². The average Bonchev–Trinajstić information content (AvgIpc) is 2.47. The first-order valence-corrected chi connectivity index (χ1v) is 8.22. The Hall–Kier alpha value is -1.03. The molecular formula is C17H20BrClN2. The third kappa shape index (κ3) is 4.47. The molecule has 21 heavy (non-hydrogen) atoms. The largest absolute Gasteiger partial charge is 0.369 e. The lowest BCUT2D eigenvalue weighted by Crippen LogP contribution is -2.17. The van der Waals surface area contributed by atoms with Gasteiger partial charge in [0.25, 0.3) is 0 Å². The Morgan fingerprint density at radius 2 is 1.95 bits per heavy atom. The molecule has 0 saturated heterocycles. The first-order valence-electron chi connectivity index (χ1n) is 7.05. The molecule has 2 nitrogen and oxygen atoms in total. The van der Waals surface area contributed by atoms with E-state index in [2.05, 4.69) is 64.4 Å². The molecule has 0 fully saturated rings. The van der Waals surface area contributed by atoms with E-state index in [1.165, 1.54) is 5.56 Å². The lowest BCUT2D eigenvalue weighted by Gasteiger charge is -2.22. The Bertz CT molecular complexity index is 601. The lowest BCUT2D eigenvalue weighted by molar-refractivity contribution is 0.726. The van der Waals surface area contributed by atoms with E-state index in [0.717, 1.165) is 40.4 Å². The van der Waals surface area contributed by atoms with Gasteiger partial charge in [-0.2, -0.15) is 0 Å². The number of hydrogen-bond acceptors (Lipinski definition) is 2. The number of rotatable bonds is 6. The zero-order valence-electron chi connectivity index (χ0n) is 12.4. The van der Waals surface area contributed by atoms with E-state index >= 15 is 0 Å². The number of nitrogens with one attached hydrogen (secondary N) is 1. The highest BCUT2D eigenvalue weighted by Crippen LogP contribution is 2.28. The Morgan fingerprint density at radius 1 is 1.19 bits per heavy atom. The fourth-order valence-corrected chi connectivity index (χ4v) is 3.13. The topological polar surface area (TPSA) is 15.3 Å². The minimum Gasteiger partial charge on any atom is -0.369 e. The zero-order chi connectivity index (χ0) is 15.2. The third-order valence-corrected chi connectivity index (χ3v) is 4.37. The Kier molecular flexibility index (Phi) is 6.09. The van der Waals surface area contributed by atoms with Crippen molar-refractivity contribution < 1.29 is 0 Å². The van der Waals surface area contributed by atoms with Gasteiger partial charge in [0.15, 0.2) is 0 Å². The molecule has 4 heteroatoms. The van der Waals surface area contributed by atoms with Crippen molar-refractivity contribution in [2.45, 2.75) is 20.0 Å². The minimum atomic E-state index is 0.783. The van der Waals surface area contributed by atoms with Crippen molar-refractivity contribution in [2.24, 2.45) is 0 Å². The average molecular weight is 368 g/mol. The highest BCUT2D eigenvalue weighted by molar-refractivity contribution is 9.10. The van der Waals surface area contributed by atoms with Crippen molar-refractivity contribution >= 4 is 33.2 Å². The number of anilines is 1. The van der Waals surface area contributed by atoms with Crippen molar-refractivity contribution in [1.29, 1.82) is 0 Å². The SMILES string of the molecule is CCNCc1ccc(N(C)Cc2ccccc2Cl)c(Br)c1. The standard InChI is InChI=1S/C17H20BrClN2/c1-3-20-11-13-8-9-17(15(18)10-13)21(2)12-14-6-4-5-7-16(14)19/h4-10,20H,3,11-12H2,1-2H3. The van der Waals surface area contributed by atoms with Gasteiger partial charge in [-0.3, -0.25) is 0 Å². The highest BCUT2D eigenvalue weighted by Gasteiger charge is 2.09. The zero-order valence-corrected chi connectivity index (χ0v) is 14.7. The second-order valence-corrected chi connectivity index (χ2v) is 6.28. The molecular weight excluding hydrogens is 348 g/mol. The molecule has 0 bridgehead atoms. The van der Waals surface area contributed by atoms with E-state index in [1.807, 2.05) is 18.2 Å². The Labute approximate surface area is 140 Å². The summed E-state index contributed by atoms with van der Waals surface area (Å²) in [5.74, 6) is 0. The quantitative estimate of drug-likeness (QED) is 0.785. The van der Waals surface area contributed by atoms with Gasteiger partial charge in [-0.15, -0.1) is 0 Å². The number of halogens is 2. The summed E-state index contributed by atoms with van der Waals surface area (Å²) in [5.41, 5.74) is 3.57. The molecule has 2 rings (SSSR count). The molecule has 112 valence electrons. The summed E-state index contributed by atoms with van der Waals surface area (Å²) in [4.78, 5) is 2.20. The number of hydrogen-bond donors (Lipinski definition) is 1. The molecule has 0 aromatic heterocycles. The van der Waals surface area contributed by atoms with E-state index in [-0.39, 0.29) is 0 Å². The molecule has 0 spiro atoms. The van der Waals surface area contributed by atoms with Crippen LogP contribution in [0, 0.1) is 0 Å². The smallest absolute Gasteiger partial charge is 0.0511 e. The molecule has 0 heterocycles. The van der Waals surface area contributed by atoms with Crippen molar-refractivity contribution in [3.63, 3.8) is 0 Å². The Balaban J connectivity index is 2.12. The molecule has 0 saturated carbocycles. The van der Waals surface area contributed by atoms with Crippen molar-refractivity contribution in [2.75, 3.05) is 18.5 Å². The lowest BCUT2D eigenvalue weighted by atomic mass is 10.1. The van der Waals surface area contributed by atoms with Crippen LogP contribution < -0.4 is 10.2 Å². The second-order valence-electron chi connectivity index (χ2n) is 5.01. The first kappa shape index (κ1) is 16.3. The number of benzene rings is 2. The maximum Gasteiger partial charge on any atom is 0.0511 e. The summed E-state index contributed by atoms with van der Waals surface area (Å²) in [6, 6.07) is 14.4. The summed E-state index contributed by atoms with van der Waals surface area (Å²) in [6.07, 6.45) is 0. The van der Waals surface area contributed by atoms with E-state index in [1.54, 1.807) is 0 Å². The second kappa shape index (κ2) is 7.83. The van der Waals surface area contributed by atoms with Crippen LogP contribution in [0.3, 0.4) is 0 Å². The molecule has 0 aliphatic heterocycles. The molecule has 0 aliphatic rings. The van der Waals surface area contributed by atoms with Gasteiger partial charge in [0.2, 0.25) is 0 Å². The minimum absolute atomic E-state index is 0.783. The van der Waals surface area contributed by atoms with Crippen LogP contribution in [0.15, 0.2) is 46.9 Å². The monoisotopic (exact) mass is 366 g/mol. The van der Waals surface area contributed by atoms with E-state index < -0.39 is 0 Å². The van der Waals surface area contributed by atoms with Crippen molar-refractivity contribution in [3.8, 4) is 0 Å². The molecule has 2 aromatic carbocycles. The van der Waals surface area contributed by atoms with Crippen LogP contribution in [0.2, 0.25) is 5.02 Å². The first-order chi connectivity index (χ1) is 10.1. The van der Waals surface area contributed by atoms with E-state index in [0.29, 0.717) is 0 Å². The predicted molar refractivity (Wildman–Crippen MR) is 95.1 cm³/mol. The van der Waals surface area contributed by atoms with Crippen LogP contribution >= 0.6 is 27.5 Å². The molecule has 0 unspecified atom stereocenters. The summed E-state index contributed by atoms with van der Waals surface area (Å²) >= 11 is 9.90. The van der Waals surface area contributed by atoms with Crippen LogP contribution in [-0.2, 0) is 13.1 Å². The maximum atomic E-state index is 6.23. The summed E-state index contributed by atoms with van der Waals surface area (Å²) in [5, 5.41) is 4.15. The van der Waals surface area contributed by atoms with Gasteiger partial charge in [0, 0.05) is 29.6 Å². The van der Waals surface area contributed by atoms with Crippen molar-refractivity contribution in [3.05, 3.63) is 63.1 Å². The summed E-state index contributed by atoms with van der Waals surface area (Å²) in [6.45, 7) is 4.76. The molecule has 0 radical (unpaired) electrons. The fraction of sp³-hybridized carbons (Fsp3) is 0.294. The molecule has 0 atom stereocenters. The predicted octanol–water partition coefficient (Wildman–Crippen LogP) is 4.85. The van der Waals surface area contributed by atoms with Gasteiger partial charge in [-0.25, -0.2) is 0 Å². The Morgan fingerprint density at radius 3 is 2.62 bits per heavy atom. The van der Waals surface area contributed by atoms with Gasteiger partial charge in [-0.1, -0.05) is 42.8 Å². The van der Waals surface area contributed by atoms with Gasteiger partial charge < -0.3 is 10.2 Å². The normalized spacial score (nSPS) is 10.7. The van der Waals surface area contributed by atoms with E-state index in [4.69, 9.17) is 11.6 Å². The van der Waals surface area contributed by atoms with Gasteiger partial charge in [0.1, 0.15) is 0 Å². The highest BCUT2D eigenvalue weighted by atomic mass is 79.9. The number of nitrogens with zero attached hydrogens (tertiary/aromatic N) is 1. The molecule has 2 aromatic rings. The van der Waals surface area contributed by atoms with E-state index in [9.17, 15) is 0 Å². The van der Waals surface area contributed by atoms with Crippen molar-refractivity contribution in [1.82, 2.24) is 5.32 Å². The van der Waals surface area contributed by atoms with Crippen LogP contribution in [0.25, 0.3) is 0 Å². The van der Waals surface area contributed by atoms with Crippen LogP contribution in [0.1, 0.15) is 18.1 Å². The maximum absolute atomic E-state index is 6.23. The fourth-order valence-electron chi connectivity index (χ4n) is 2.21. The third-order valence-electron chi connectivity index (χ3n) is 3.37. The van der Waals surface area contributed by atoms with Crippen LogP contribution in [0.4, 0.5) is 5.69 Å². The van der Waals surface area contributed by atoms with Gasteiger partial charge in [-0.05, 0) is 51.8 Å². The van der Waals surface area contributed by atoms with Gasteiger partial charge in [0.05, 0.1) is 5.69 Å². The van der Waals surface area contributed by atoms with Crippen LogP contribution in [0.5, 0.6) is 0 Å². The summed E-state index contributed by atoms with van der Waals surface area (Å²) in [7, 11) is 2.08. The van der Waals surface area contributed by atoms with Gasteiger partial charge >= 0.3 is 0 Å².